The summed E-state index contributed by atoms with van der Waals surface area (Å²) in [4.78, 5) is 3.59. The van der Waals surface area contributed by atoms with Crippen molar-refractivity contribution in [3.05, 3.63) is 53.4 Å². The lowest BCUT2D eigenvalue weighted by Crippen LogP contribution is -1.92. The first-order chi connectivity index (χ1) is 8.31. The second-order valence-electron chi connectivity index (χ2n) is 4.46. The molecular formula is C16H21N. The Morgan fingerprint density at radius 2 is 2.12 bits per heavy atom. The van der Waals surface area contributed by atoms with Gasteiger partial charge in [-0.1, -0.05) is 38.2 Å². The molecule has 0 aromatic carbocycles. The third-order valence-electron chi connectivity index (χ3n) is 3.42. The predicted molar refractivity (Wildman–Crippen MR) is 75.2 cm³/mol. The van der Waals surface area contributed by atoms with E-state index < -0.39 is 0 Å². The molecule has 17 heavy (non-hydrogen) atoms. The Kier molecular flexibility index (Phi) is 3.68. The van der Waals surface area contributed by atoms with Crippen LogP contribution in [0.1, 0.15) is 42.8 Å². The quantitative estimate of drug-likeness (QED) is 0.725. The van der Waals surface area contributed by atoms with Gasteiger partial charge >= 0.3 is 0 Å². The summed E-state index contributed by atoms with van der Waals surface area (Å²) in [5, 5.41) is 0. The van der Waals surface area contributed by atoms with E-state index in [-0.39, 0.29) is 0 Å². The molecule has 1 aromatic heterocycles. The minimum Gasteiger partial charge on any atom is -0.361 e. The highest BCUT2D eigenvalue weighted by molar-refractivity contribution is 5.75. The van der Waals surface area contributed by atoms with Gasteiger partial charge in [0.15, 0.2) is 0 Å². The first-order valence-electron chi connectivity index (χ1n) is 6.51. The number of H-pyrrole nitrogens is 1. The standard InChI is InChI=1S/C16H21N/c1-4-9-15-16(12-10-7-8-11-12)13(5-2)14(6-3)17-15/h4,7-8,10,17H,1,5-6,9,11H2,2-3H3. The summed E-state index contributed by atoms with van der Waals surface area (Å²) in [5.41, 5.74) is 7.14. The highest BCUT2D eigenvalue weighted by atomic mass is 14.7. The van der Waals surface area contributed by atoms with Crippen molar-refractivity contribution < 1.29 is 0 Å². The number of nitrogens with one attached hydrogen (secondary N) is 1. The van der Waals surface area contributed by atoms with Gasteiger partial charge in [0.1, 0.15) is 0 Å². The molecule has 0 spiro atoms. The second-order valence-corrected chi connectivity index (χ2v) is 4.46. The summed E-state index contributed by atoms with van der Waals surface area (Å²) < 4.78 is 0. The van der Waals surface area contributed by atoms with E-state index in [2.05, 4.69) is 43.6 Å². The second kappa shape index (κ2) is 5.22. The van der Waals surface area contributed by atoms with Crippen LogP contribution in [0.2, 0.25) is 0 Å². The third kappa shape index (κ3) is 2.14. The fourth-order valence-corrected chi connectivity index (χ4v) is 2.66. The van der Waals surface area contributed by atoms with Crippen LogP contribution in [-0.2, 0) is 19.3 Å². The van der Waals surface area contributed by atoms with Crippen molar-refractivity contribution in [1.82, 2.24) is 4.98 Å². The monoisotopic (exact) mass is 227 g/mol. The van der Waals surface area contributed by atoms with Crippen LogP contribution in [0.15, 0.2) is 30.9 Å². The van der Waals surface area contributed by atoms with Crippen molar-refractivity contribution in [2.24, 2.45) is 0 Å². The molecule has 0 aliphatic heterocycles. The van der Waals surface area contributed by atoms with Crippen molar-refractivity contribution in [1.29, 1.82) is 0 Å². The van der Waals surface area contributed by atoms with Gasteiger partial charge in [0, 0.05) is 23.4 Å². The molecule has 0 saturated heterocycles. The lowest BCUT2D eigenvalue weighted by atomic mass is 9.96. The normalized spacial score (nSPS) is 14.1. The molecule has 0 saturated carbocycles. The average molecular weight is 227 g/mol. The lowest BCUT2D eigenvalue weighted by Gasteiger charge is -2.07. The molecule has 90 valence electrons. The van der Waals surface area contributed by atoms with Crippen LogP contribution >= 0.6 is 0 Å². The van der Waals surface area contributed by atoms with Gasteiger partial charge in [-0.05, 0) is 30.4 Å². The summed E-state index contributed by atoms with van der Waals surface area (Å²) in [6.45, 7) is 8.32. The van der Waals surface area contributed by atoms with Gasteiger partial charge in [-0.2, -0.15) is 0 Å². The highest BCUT2D eigenvalue weighted by Crippen LogP contribution is 2.32. The number of hydrogen-bond acceptors (Lipinski definition) is 0. The Labute approximate surface area is 104 Å². The van der Waals surface area contributed by atoms with Gasteiger partial charge in [-0.15, -0.1) is 6.58 Å². The Hall–Kier alpha value is -1.50. The molecular weight excluding hydrogens is 206 g/mol. The molecule has 1 aliphatic rings. The molecule has 2 rings (SSSR count). The van der Waals surface area contributed by atoms with Crippen LogP contribution in [0, 0.1) is 0 Å². The van der Waals surface area contributed by atoms with Crippen LogP contribution < -0.4 is 0 Å². The van der Waals surface area contributed by atoms with Gasteiger partial charge in [0.2, 0.25) is 0 Å². The van der Waals surface area contributed by atoms with E-state index in [1.807, 2.05) is 6.08 Å². The summed E-state index contributed by atoms with van der Waals surface area (Å²) in [5.74, 6) is 0. The molecule has 0 radical (unpaired) electrons. The highest BCUT2D eigenvalue weighted by Gasteiger charge is 2.17. The van der Waals surface area contributed by atoms with Gasteiger partial charge in [-0.25, -0.2) is 0 Å². The van der Waals surface area contributed by atoms with Crippen molar-refractivity contribution in [2.75, 3.05) is 0 Å². The van der Waals surface area contributed by atoms with Crippen molar-refractivity contribution in [3.63, 3.8) is 0 Å². The van der Waals surface area contributed by atoms with E-state index >= 15 is 0 Å². The largest absolute Gasteiger partial charge is 0.361 e. The molecule has 0 amide bonds. The summed E-state index contributed by atoms with van der Waals surface area (Å²) in [6.07, 6.45) is 12.8. The molecule has 0 atom stereocenters. The molecule has 1 N–H and O–H groups in total. The van der Waals surface area contributed by atoms with Crippen LogP contribution in [-0.4, -0.2) is 4.98 Å². The van der Waals surface area contributed by atoms with Gasteiger partial charge in [-0.3, -0.25) is 0 Å². The average Bonchev–Trinajstić information content (AvgIpc) is 2.95. The van der Waals surface area contributed by atoms with E-state index in [1.54, 1.807) is 0 Å². The third-order valence-corrected chi connectivity index (χ3v) is 3.42. The molecule has 0 bridgehead atoms. The van der Waals surface area contributed by atoms with E-state index in [9.17, 15) is 0 Å². The Bertz CT molecular complexity index is 472. The fourth-order valence-electron chi connectivity index (χ4n) is 2.66. The number of aromatic nitrogens is 1. The van der Waals surface area contributed by atoms with E-state index in [0.29, 0.717) is 0 Å². The first kappa shape index (κ1) is 12.0. The smallest absolute Gasteiger partial charge is 0.0266 e. The predicted octanol–water partition coefficient (Wildman–Crippen LogP) is 4.21. The van der Waals surface area contributed by atoms with Gasteiger partial charge in [0.05, 0.1) is 0 Å². The SMILES string of the molecule is C=CCc1[nH]c(CC)c(CC)c1C1=CC=CC1. The topological polar surface area (TPSA) is 15.8 Å². The Balaban J connectivity index is 2.51. The van der Waals surface area contributed by atoms with Crippen molar-refractivity contribution in [3.8, 4) is 0 Å². The van der Waals surface area contributed by atoms with Crippen LogP contribution in [0.25, 0.3) is 5.57 Å². The summed E-state index contributed by atoms with van der Waals surface area (Å²) >= 11 is 0. The number of aromatic amines is 1. The Morgan fingerprint density at radius 1 is 1.29 bits per heavy atom. The zero-order valence-electron chi connectivity index (χ0n) is 10.8. The summed E-state index contributed by atoms with van der Waals surface area (Å²) in [7, 11) is 0. The van der Waals surface area contributed by atoms with E-state index in [4.69, 9.17) is 0 Å². The van der Waals surface area contributed by atoms with Crippen LogP contribution in [0.4, 0.5) is 0 Å². The van der Waals surface area contributed by atoms with E-state index in [1.165, 1.54) is 28.1 Å². The minimum absolute atomic E-state index is 0.930. The van der Waals surface area contributed by atoms with Crippen molar-refractivity contribution >= 4 is 5.57 Å². The molecule has 1 heteroatoms. The van der Waals surface area contributed by atoms with E-state index in [0.717, 1.165) is 25.7 Å². The number of hydrogen-bond donors (Lipinski definition) is 1. The Morgan fingerprint density at radius 3 is 2.65 bits per heavy atom. The maximum absolute atomic E-state index is 3.86. The fraction of sp³-hybridized carbons (Fsp3) is 0.375. The molecule has 1 aliphatic carbocycles. The maximum Gasteiger partial charge on any atom is 0.0266 e. The molecule has 0 unspecified atom stereocenters. The number of allylic oxidation sites excluding steroid dienone is 5. The van der Waals surface area contributed by atoms with Crippen molar-refractivity contribution in [2.45, 2.75) is 39.5 Å². The van der Waals surface area contributed by atoms with Crippen LogP contribution in [0.3, 0.4) is 0 Å². The summed E-state index contributed by atoms with van der Waals surface area (Å²) in [6, 6.07) is 0. The first-order valence-corrected chi connectivity index (χ1v) is 6.51. The molecule has 1 nitrogen and oxygen atoms in total. The minimum atomic E-state index is 0.930. The number of aryl methyl sites for hydroxylation is 1. The zero-order chi connectivity index (χ0) is 12.3. The number of rotatable bonds is 5. The molecule has 1 aromatic rings. The van der Waals surface area contributed by atoms with Gasteiger partial charge in [0.25, 0.3) is 0 Å². The maximum atomic E-state index is 3.86. The zero-order valence-corrected chi connectivity index (χ0v) is 10.8. The molecule has 1 heterocycles. The molecule has 0 fully saturated rings. The van der Waals surface area contributed by atoms with Gasteiger partial charge < -0.3 is 4.98 Å². The lowest BCUT2D eigenvalue weighted by molar-refractivity contribution is 0.986. The van der Waals surface area contributed by atoms with Crippen LogP contribution in [0.5, 0.6) is 0 Å².